The zero-order chi connectivity index (χ0) is 30.2. The van der Waals surface area contributed by atoms with Gasteiger partial charge in [0.1, 0.15) is 23.0 Å². The first kappa shape index (κ1) is 30.6. The topological polar surface area (TPSA) is 132 Å². The van der Waals surface area contributed by atoms with E-state index >= 15 is 0 Å². The number of hydrogen-bond acceptors (Lipinski definition) is 8. The molecule has 216 valence electrons. The minimum atomic E-state index is -1.01. The van der Waals surface area contributed by atoms with Crippen LogP contribution in [0, 0.1) is 0 Å². The van der Waals surface area contributed by atoms with Crippen molar-refractivity contribution in [2.45, 2.75) is 20.5 Å². The van der Waals surface area contributed by atoms with Crippen molar-refractivity contribution < 1.29 is 38.8 Å². The Bertz CT molecular complexity index is 1600. The molecule has 9 nitrogen and oxygen atoms in total. The maximum absolute atomic E-state index is 12.8. The van der Waals surface area contributed by atoms with Crippen LogP contribution < -0.4 is 9.47 Å². The van der Waals surface area contributed by atoms with E-state index < -0.39 is 17.8 Å². The van der Waals surface area contributed by atoms with Gasteiger partial charge in [-0.2, -0.15) is 0 Å². The summed E-state index contributed by atoms with van der Waals surface area (Å²) in [5.41, 5.74) is 1.70. The number of nitrogens with zero attached hydrogens (tertiary/aromatic N) is 1. The molecule has 1 heterocycles. The second-order valence-electron chi connectivity index (χ2n) is 8.69. The Balaban J connectivity index is 1.65. The van der Waals surface area contributed by atoms with Crippen LogP contribution in [0.3, 0.4) is 0 Å². The number of amides is 1. The molecule has 3 aromatic carbocycles. The molecular formula is C31H26BrNO8S. The Kier molecular flexibility index (Phi) is 10.2. The molecule has 0 spiro atoms. The fourth-order valence-corrected chi connectivity index (χ4v) is 5.26. The van der Waals surface area contributed by atoms with Crippen LogP contribution >= 0.6 is 27.7 Å². The van der Waals surface area contributed by atoms with Crippen LogP contribution in [0.4, 0.5) is 0 Å². The van der Waals surface area contributed by atoms with Crippen molar-refractivity contribution in [2.24, 2.45) is 4.99 Å². The average molecular weight is 653 g/mol. The molecule has 0 aliphatic carbocycles. The summed E-state index contributed by atoms with van der Waals surface area (Å²) in [6.45, 7) is 4.07. The number of hydrogen-bond donors (Lipinski definition) is 2. The van der Waals surface area contributed by atoms with E-state index in [0.717, 1.165) is 17.3 Å². The monoisotopic (exact) mass is 651 g/mol. The number of halogens is 1. The predicted octanol–water partition coefficient (Wildman–Crippen LogP) is 6.83. The zero-order valence-corrected chi connectivity index (χ0v) is 25.0. The molecule has 11 heteroatoms. The number of thioether (sulfide) groups is 1. The molecule has 0 unspecified atom stereocenters. The van der Waals surface area contributed by atoms with E-state index in [9.17, 15) is 19.5 Å². The van der Waals surface area contributed by atoms with Gasteiger partial charge in [0.15, 0.2) is 11.5 Å². The Hall–Kier alpha value is -4.35. The number of carbonyl (C=O) groups is 3. The van der Waals surface area contributed by atoms with E-state index in [-0.39, 0.29) is 40.1 Å². The largest absolute Gasteiger partial charge is 0.506 e. The van der Waals surface area contributed by atoms with Gasteiger partial charge in [-0.3, -0.25) is 4.79 Å². The molecule has 3 aromatic rings. The van der Waals surface area contributed by atoms with Gasteiger partial charge >= 0.3 is 11.9 Å². The third kappa shape index (κ3) is 7.29. The molecule has 0 radical (unpaired) electrons. The van der Waals surface area contributed by atoms with Crippen LogP contribution in [-0.4, -0.2) is 46.3 Å². The number of esters is 1. The Morgan fingerprint density at radius 2 is 1.62 bits per heavy atom. The van der Waals surface area contributed by atoms with E-state index in [1.807, 2.05) is 6.92 Å². The van der Waals surface area contributed by atoms with Crippen LogP contribution in [0.25, 0.3) is 6.08 Å². The van der Waals surface area contributed by atoms with Crippen molar-refractivity contribution in [3.05, 3.63) is 110 Å². The molecule has 0 saturated heterocycles. The van der Waals surface area contributed by atoms with Crippen LogP contribution in [0.15, 0.2) is 92.4 Å². The summed E-state index contributed by atoms with van der Waals surface area (Å²) in [6.07, 6.45) is 1.63. The van der Waals surface area contributed by atoms with Crippen molar-refractivity contribution >= 4 is 56.7 Å². The number of carbonyl (C=O) groups excluding carboxylic acids is 2. The fraction of sp³-hybridized carbons (Fsp3) is 0.161. The number of carboxylic acid groups (broad SMARTS) is 1. The maximum Gasteiger partial charge on any atom is 0.344 e. The van der Waals surface area contributed by atoms with Gasteiger partial charge < -0.3 is 24.4 Å². The van der Waals surface area contributed by atoms with E-state index in [1.165, 1.54) is 12.1 Å². The van der Waals surface area contributed by atoms with Gasteiger partial charge in [0.2, 0.25) is 0 Å². The standard InChI is InChI=1S/C31H26BrNO8S/c1-3-39-23-14-21(22(32)16-24(23)41-17-18-10-12-20(13-11-18)30(36)37)15-25-27(34)26(31(38)40-4-2)29(42-25)33-28(35)19-8-6-5-7-9-19/h5-16,34H,3-4,17H2,1-2H3,(H,36,37)/b25-15-,33-29?. The minimum absolute atomic E-state index is 0.0288. The number of carboxylic acids is 1. The predicted molar refractivity (Wildman–Crippen MR) is 163 cm³/mol. The Labute approximate surface area is 254 Å². The lowest BCUT2D eigenvalue weighted by Gasteiger charge is -2.14. The number of aliphatic imine (C=N–C) groups is 1. The third-order valence-corrected chi connectivity index (χ3v) is 7.55. The lowest BCUT2D eigenvalue weighted by molar-refractivity contribution is -0.138. The Morgan fingerprint density at radius 3 is 2.26 bits per heavy atom. The van der Waals surface area contributed by atoms with Crippen molar-refractivity contribution in [3.63, 3.8) is 0 Å². The number of aliphatic hydroxyl groups is 1. The van der Waals surface area contributed by atoms with Gasteiger partial charge in [0.25, 0.3) is 5.91 Å². The zero-order valence-electron chi connectivity index (χ0n) is 22.6. The van der Waals surface area contributed by atoms with Crippen molar-refractivity contribution in [3.8, 4) is 11.5 Å². The molecule has 0 aromatic heterocycles. The molecule has 0 saturated carbocycles. The molecular weight excluding hydrogens is 626 g/mol. The first-order chi connectivity index (χ1) is 20.2. The lowest BCUT2D eigenvalue weighted by Crippen LogP contribution is -2.14. The number of benzene rings is 3. The quantitative estimate of drug-likeness (QED) is 0.226. The van der Waals surface area contributed by atoms with E-state index in [0.29, 0.717) is 33.7 Å². The van der Waals surface area contributed by atoms with Crippen molar-refractivity contribution in [1.82, 2.24) is 0 Å². The highest BCUT2D eigenvalue weighted by molar-refractivity contribution is 9.10. The molecule has 0 atom stereocenters. The van der Waals surface area contributed by atoms with Gasteiger partial charge in [0, 0.05) is 10.0 Å². The summed E-state index contributed by atoms with van der Waals surface area (Å²) < 4.78 is 17.5. The molecule has 4 rings (SSSR count). The Morgan fingerprint density at radius 1 is 0.929 bits per heavy atom. The third-order valence-electron chi connectivity index (χ3n) is 5.84. The van der Waals surface area contributed by atoms with Gasteiger partial charge in [-0.1, -0.05) is 58.0 Å². The number of rotatable bonds is 10. The van der Waals surface area contributed by atoms with Gasteiger partial charge in [-0.05, 0) is 67.4 Å². The average Bonchev–Trinajstić information content (AvgIpc) is 3.28. The van der Waals surface area contributed by atoms with E-state index in [4.69, 9.17) is 19.3 Å². The highest BCUT2D eigenvalue weighted by Gasteiger charge is 2.34. The smallest absolute Gasteiger partial charge is 0.344 e. The molecule has 1 amide bonds. The summed E-state index contributed by atoms with van der Waals surface area (Å²) in [4.78, 5) is 41.0. The first-order valence-corrected chi connectivity index (χ1v) is 14.4. The second-order valence-corrected chi connectivity index (χ2v) is 10.6. The summed E-state index contributed by atoms with van der Waals surface area (Å²) in [5, 5.41) is 20.2. The summed E-state index contributed by atoms with van der Waals surface area (Å²) in [5.74, 6) is -1.85. The highest BCUT2D eigenvalue weighted by Crippen LogP contribution is 2.42. The molecule has 2 N–H and O–H groups in total. The van der Waals surface area contributed by atoms with Crippen molar-refractivity contribution in [1.29, 1.82) is 0 Å². The number of ether oxygens (including phenoxy) is 3. The number of aromatic carboxylic acids is 1. The summed E-state index contributed by atoms with van der Waals surface area (Å²) in [7, 11) is 0. The molecule has 42 heavy (non-hydrogen) atoms. The molecule has 0 bridgehead atoms. The second kappa shape index (κ2) is 14.0. The van der Waals surface area contributed by atoms with E-state index in [2.05, 4.69) is 20.9 Å². The minimum Gasteiger partial charge on any atom is -0.506 e. The lowest BCUT2D eigenvalue weighted by atomic mass is 10.1. The number of aliphatic hydroxyl groups excluding tert-OH is 1. The normalized spacial score (nSPS) is 14.7. The van der Waals surface area contributed by atoms with Gasteiger partial charge in [-0.15, -0.1) is 0 Å². The highest BCUT2D eigenvalue weighted by atomic mass is 79.9. The van der Waals surface area contributed by atoms with Gasteiger partial charge in [0.05, 0.1) is 23.7 Å². The van der Waals surface area contributed by atoms with Gasteiger partial charge in [-0.25, -0.2) is 14.6 Å². The maximum atomic E-state index is 12.8. The molecule has 1 aliphatic heterocycles. The van der Waals surface area contributed by atoms with Crippen molar-refractivity contribution in [2.75, 3.05) is 13.2 Å². The van der Waals surface area contributed by atoms with Crippen LogP contribution in [0.2, 0.25) is 0 Å². The van der Waals surface area contributed by atoms with E-state index in [1.54, 1.807) is 67.6 Å². The first-order valence-electron chi connectivity index (χ1n) is 12.8. The summed E-state index contributed by atoms with van der Waals surface area (Å²) in [6, 6.07) is 18.2. The molecule has 0 fully saturated rings. The summed E-state index contributed by atoms with van der Waals surface area (Å²) >= 11 is 4.51. The SMILES string of the molecule is CCOC(=O)C1=C(O)/C(=C/c2cc(OCC)c(OCc3ccc(C(=O)O)cc3)cc2Br)SC1=NC(=O)c1ccccc1. The van der Waals surface area contributed by atoms with Crippen LogP contribution in [0.5, 0.6) is 11.5 Å². The van der Waals surface area contributed by atoms with Crippen LogP contribution in [0.1, 0.15) is 45.7 Å². The molecule has 1 aliphatic rings. The fourth-order valence-electron chi connectivity index (χ4n) is 3.82. The van der Waals surface area contributed by atoms with Crippen LogP contribution in [-0.2, 0) is 16.1 Å².